The van der Waals surface area contributed by atoms with Gasteiger partial charge >= 0.3 is 0 Å². The van der Waals surface area contributed by atoms with Crippen LogP contribution in [0.4, 0.5) is 11.4 Å². The number of rotatable bonds is 6. The van der Waals surface area contributed by atoms with E-state index in [4.69, 9.17) is 11.6 Å². The summed E-state index contributed by atoms with van der Waals surface area (Å²) in [6, 6.07) is 25.0. The van der Waals surface area contributed by atoms with Gasteiger partial charge in [0.25, 0.3) is 15.6 Å². The molecule has 2 N–H and O–H groups in total. The highest BCUT2D eigenvalue weighted by molar-refractivity contribution is 7.92. The van der Waals surface area contributed by atoms with Crippen molar-refractivity contribution in [3.8, 4) is 11.6 Å². The number of nitrogens with one attached hydrogen (secondary N) is 1. The lowest BCUT2D eigenvalue weighted by Gasteiger charge is -2.15. The summed E-state index contributed by atoms with van der Waals surface area (Å²) in [4.78, 5) is 17.8. The van der Waals surface area contributed by atoms with Gasteiger partial charge in [-0.05, 0) is 79.6 Å². The van der Waals surface area contributed by atoms with Gasteiger partial charge < -0.3 is 5.11 Å². The second kappa shape index (κ2) is 10.4. The summed E-state index contributed by atoms with van der Waals surface area (Å²) in [6.07, 6.45) is 1.44. The number of sulfonamides is 1. The average molecular weight is 558 g/mol. The summed E-state index contributed by atoms with van der Waals surface area (Å²) >= 11 is 5.98. The number of fused-ring (bicyclic) bond motifs is 1. The highest BCUT2D eigenvalue weighted by atomic mass is 35.5. The van der Waals surface area contributed by atoms with Crippen LogP contribution in [0, 0.1) is 13.8 Å². The van der Waals surface area contributed by atoms with Crippen molar-refractivity contribution in [1.82, 2.24) is 4.57 Å². The molecule has 9 heteroatoms. The van der Waals surface area contributed by atoms with Crippen LogP contribution >= 0.6 is 11.6 Å². The summed E-state index contributed by atoms with van der Waals surface area (Å²) in [5.74, 6) is -0.267. The van der Waals surface area contributed by atoms with E-state index < -0.39 is 10.0 Å². The Hall–Kier alpha value is -4.40. The third-order valence-corrected chi connectivity index (χ3v) is 8.01. The van der Waals surface area contributed by atoms with Crippen LogP contribution in [0.1, 0.15) is 16.7 Å². The Balaban J connectivity index is 1.58. The van der Waals surface area contributed by atoms with Crippen LogP contribution in [0.2, 0.25) is 5.02 Å². The standard InChI is InChI=1S/C30H24ClN3O4S/c1-19-13-14-24(15-20(19)2)34-29(35)27-12-4-3-11-26(27)28(30(34)36)18-32-22-8-6-10-25(17-22)39(37,38)33-23-9-5-7-21(31)16-23/h3-18,33,36H,1-2H3. The lowest BCUT2D eigenvalue weighted by molar-refractivity contribution is 0.436. The van der Waals surface area contributed by atoms with E-state index >= 15 is 0 Å². The Labute approximate surface area is 230 Å². The van der Waals surface area contributed by atoms with Crippen LogP contribution < -0.4 is 10.3 Å². The van der Waals surface area contributed by atoms with E-state index in [0.717, 1.165) is 11.1 Å². The summed E-state index contributed by atoms with van der Waals surface area (Å²) < 4.78 is 29.7. The molecule has 0 radical (unpaired) electrons. The summed E-state index contributed by atoms with van der Waals surface area (Å²) in [5, 5.41) is 12.6. The molecule has 39 heavy (non-hydrogen) atoms. The molecular formula is C30H24ClN3O4S. The number of aromatic nitrogens is 1. The van der Waals surface area contributed by atoms with Crippen molar-refractivity contribution in [2.45, 2.75) is 18.7 Å². The number of halogens is 1. The minimum absolute atomic E-state index is 0.00584. The molecule has 4 aromatic carbocycles. The third kappa shape index (κ3) is 5.30. The van der Waals surface area contributed by atoms with Gasteiger partial charge in [-0.25, -0.2) is 13.0 Å². The number of anilines is 1. The van der Waals surface area contributed by atoms with E-state index in [1.807, 2.05) is 26.0 Å². The zero-order valence-electron chi connectivity index (χ0n) is 21.1. The van der Waals surface area contributed by atoms with Crippen molar-refractivity contribution in [2.75, 3.05) is 4.72 Å². The van der Waals surface area contributed by atoms with E-state index in [0.29, 0.717) is 38.4 Å². The van der Waals surface area contributed by atoms with Crippen molar-refractivity contribution in [1.29, 1.82) is 0 Å². The molecule has 0 aliphatic carbocycles. The van der Waals surface area contributed by atoms with Crippen LogP contribution in [0.3, 0.4) is 0 Å². The first-order chi connectivity index (χ1) is 18.6. The first-order valence-electron chi connectivity index (χ1n) is 12.0. The molecule has 0 spiro atoms. The normalized spacial score (nSPS) is 11.8. The molecule has 0 unspecified atom stereocenters. The van der Waals surface area contributed by atoms with Gasteiger partial charge in [-0.15, -0.1) is 0 Å². The lowest BCUT2D eigenvalue weighted by Crippen LogP contribution is -2.20. The van der Waals surface area contributed by atoms with Gasteiger partial charge in [0.15, 0.2) is 0 Å². The zero-order chi connectivity index (χ0) is 27.7. The maximum absolute atomic E-state index is 13.4. The Bertz CT molecular complexity index is 1930. The SMILES string of the molecule is Cc1ccc(-n2c(O)c(C=Nc3cccc(S(=O)(=O)Nc4cccc(Cl)c4)c3)c3ccccc3c2=O)cc1C. The fourth-order valence-corrected chi connectivity index (χ4v) is 5.51. The monoisotopic (exact) mass is 557 g/mol. The third-order valence-electron chi connectivity index (χ3n) is 6.40. The molecule has 7 nitrogen and oxygen atoms in total. The summed E-state index contributed by atoms with van der Waals surface area (Å²) in [7, 11) is -3.91. The molecule has 0 aliphatic heterocycles. The molecule has 0 saturated carbocycles. The van der Waals surface area contributed by atoms with E-state index in [1.54, 1.807) is 60.7 Å². The molecule has 0 bridgehead atoms. The quantitative estimate of drug-likeness (QED) is 0.232. The van der Waals surface area contributed by atoms with Crippen LogP contribution in [-0.4, -0.2) is 24.3 Å². The number of aryl methyl sites for hydroxylation is 2. The van der Waals surface area contributed by atoms with E-state index in [9.17, 15) is 18.3 Å². The highest BCUT2D eigenvalue weighted by Gasteiger charge is 2.18. The second-order valence-corrected chi connectivity index (χ2v) is 11.2. The predicted molar refractivity (Wildman–Crippen MR) is 157 cm³/mol. The second-order valence-electron chi connectivity index (χ2n) is 9.06. The molecule has 196 valence electrons. The minimum Gasteiger partial charge on any atom is -0.494 e. The fourth-order valence-electron chi connectivity index (χ4n) is 4.23. The van der Waals surface area contributed by atoms with E-state index in [-0.39, 0.29) is 16.3 Å². The first-order valence-corrected chi connectivity index (χ1v) is 13.9. The molecule has 0 aliphatic rings. The number of hydrogen-bond acceptors (Lipinski definition) is 5. The molecule has 0 fully saturated rings. The molecule has 0 amide bonds. The van der Waals surface area contributed by atoms with Crippen molar-refractivity contribution < 1.29 is 13.5 Å². The van der Waals surface area contributed by atoms with Gasteiger partial charge in [0.05, 0.1) is 27.5 Å². The largest absolute Gasteiger partial charge is 0.494 e. The van der Waals surface area contributed by atoms with Crippen LogP contribution in [0.15, 0.2) is 106 Å². The number of aliphatic imine (C=N–C) groups is 1. The molecule has 5 aromatic rings. The van der Waals surface area contributed by atoms with Crippen molar-refractivity contribution in [3.05, 3.63) is 123 Å². The Morgan fingerprint density at radius 3 is 2.36 bits per heavy atom. The number of pyridine rings is 1. The summed E-state index contributed by atoms with van der Waals surface area (Å²) in [5.41, 5.74) is 3.22. The number of benzene rings is 4. The maximum Gasteiger partial charge on any atom is 0.265 e. The molecule has 0 saturated heterocycles. The Kier molecular flexibility index (Phi) is 6.99. The van der Waals surface area contributed by atoms with Crippen molar-refractivity contribution in [3.63, 3.8) is 0 Å². The number of aromatic hydroxyl groups is 1. The van der Waals surface area contributed by atoms with Crippen molar-refractivity contribution >= 4 is 50.0 Å². The van der Waals surface area contributed by atoms with Crippen LogP contribution in [0.25, 0.3) is 16.5 Å². The molecule has 0 atom stereocenters. The molecule has 1 aromatic heterocycles. The van der Waals surface area contributed by atoms with Gasteiger partial charge in [0.1, 0.15) is 0 Å². The first kappa shape index (κ1) is 26.2. The Morgan fingerprint density at radius 1 is 0.872 bits per heavy atom. The maximum atomic E-state index is 13.4. The molecule has 1 heterocycles. The van der Waals surface area contributed by atoms with Crippen LogP contribution in [-0.2, 0) is 10.0 Å². The van der Waals surface area contributed by atoms with Gasteiger partial charge in [0, 0.05) is 22.0 Å². The molecular weight excluding hydrogens is 534 g/mol. The smallest absolute Gasteiger partial charge is 0.265 e. The predicted octanol–water partition coefficient (Wildman–Crippen LogP) is 6.52. The van der Waals surface area contributed by atoms with E-state index in [2.05, 4.69) is 9.71 Å². The van der Waals surface area contributed by atoms with Gasteiger partial charge in [-0.1, -0.05) is 48.0 Å². The minimum atomic E-state index is -3.91. The average Bonchev–Trinajstić information content (AvgIpc) is 2.90. The number of nitrogens with zero attached hydrogens (tertiary/aromatic N) is 2. The van der Waals surface area contributed by atoms with Gasteiger partial charge in [0.2, 0.25) is 5.88 Å². The fraction of sp³-hybridized carbons (Fsp3) is 0.0667. The topological polar surface area (TPSA) is 101 Å². The van der Waals surface area contributed by atoms with Crippen LogP contribution in [0.5, 0.6) is 5.88 Å². The van der Waals surface area contributed by atoms with Crippen molar-refractivity contribution in [2.24, 2.45) is 4.99 Å². The van der Waals surface area contributed by atoms with Gasteiger partial charge in [-0.2, -0.15) is 0 Å². The van der Waals surface area contributed by atoms with Gasteiger partial charge in [-0.3, -0.25) is 14.5 Å². The number of hydrogen-bond donors (Lipinski definition) is 2. The zero-order valence-corrected chi connectivity index (χ0v) is 22.7. The highest BCUT2D eigenvalue weighted by Crippen LogP contribution is 2.28. The molecule has 5 rings (SSSR count). The Morgan fingerprint density at radius 2 is 1.62 bits per heavy atom. The van der Waals surface area contributed by atoms with E-state index in [1.165, 1.54) is 29.0 Å². The lowest BCUT2D eigenvalue weighted by atomic mass is 10.1. The summed E-state index contributed by atoms with van der Waals surface area (Å²) in [6.45, 7) is 3.91.